The lowest BCUT2D eigenvalue weighted by molar-refractivity contribution is -0.0517. The van der Waals surface area contributed by atoms with Gasteiger partial charge in [0, 0.05) is 18.1 Å². The van der Waals surface area contributed by atoms with Gasteiger partial charge >= 0.3 is 5.76 Å². The molecule has 0 unspecified atom stereocenters. The van der Waals surface area contributed by atoms with E-state index < -0.39 is 11.9 Å². The lowest BCUT2D eigenvalue weighted by Crippen LogP contribution is -2.55. The fourth-order valence-corrected chi connectivity index (χ4v) is 6.50. The minimum absolute atomic E-state index is 0.0314. The van der Waals surface area contributed by atoms with Gasteiger partial charge in [0.15, 0.2) is 5.84 Å². The highest BCUT2D eigenvalue weighted by atomic mass is 35.5. The molecule has 222 valence electrons. The predicted octanol–water partition coefficient (Wildman–Crippen LogP) is 4.32. The second-order valence-electron chi connectivity index (χ2n) is 11.6. The van der Waals surface area contributed by atoms with E-state index in [1.54, 1.807) is 6.08 Å². The molecule has 11 heteroatoms. The van der Waals surface area contributed by atoms with Gasteiger partial charge in [-0.15, -0.1) is 5.10 Å². The third kappa shape index (κ3) is 6.71. The van der Waals surface area contributed by atoms with Crippen LogP contribution in [-0.4, -0.2) is 63.8 Å². The Kier molecular flexibility index (Phi) is 9.21. The lowest BCUT2D eigenvalue weighted by atomic mass is 9.82. The van der Waals surface area contributed by atoms with Gasteiger partial charge in [-0.3, -0.25) is 0 Å². The third-order valence-corrected chi connectivity index (χ3v) is 8.74. The second kappa shape index (κ2) is 12.8. The van der Waals surface area contributed by atoms with Gasteiger partial charge in [0.05, 0.1) is 30.1 Å². The summed E-state index contributed by atoms with van der Waals surface area (Å²) in [5, 5.41) is 10.1. The molecule has 0 bridgehead atoms. The number of H-pyrrole nitrogens is 1. The number of morpholine rings is 1. The average Bonchev–Trinajstić information content (AvgIpc) is 3.61. The Hall–Kier alpha value is -3.08. The molecular formula is C30H42ClN7O3. The summed E-state index contributed by atoms with van der Waals surface area (Å²) < 4.78 is 11.3. The molecule has 3 heterocycles. The molecule has 0 spiro atoms. The summed E-state index contributed by atoms with van der Waals surface area (Å²) in [6.07, 6.45) is 13.0. The quantitative estimate of drug-likeness (QED) is 0.367. The van der Waals surface area contributed by atoms with Crippen molar-refractivity contribution in [2.45, 2.75) is 77.1 Å². The van der Waals surface area contributed by atoms with Crippen molar-refractivity contribution in [1.82, 2.24) is 25.3 Å². The van der Waals surface area contributed by atoms with Gasteiger partial charge in [-0.1, -0.05) is 56.7 Å². The Morgan fingerprint density at radius 1 is 1.24 bits per heavy atom. The lowest BCUT2D eigenvalue weighted by Gasteiger charge is -2.47. The van der Waals surface area contributed by atoms with E-state index in [1.165, 1.54) is 12.8 Å². The number of hydrogen-bond donors (Lipinski definition) is 3. The number of amidine groups is 1. The molecular weight excluding hydrogens is 542 g/mol. The Bertz CT molecular complexity index is 1310. The van der Waals surface area contributed by atoms with Gasteiger partial charge in [0.2, 0.25) is 0 Å². The van der Waals surface area contributed by atoms with Crippen molar-refractivity contribution in [2.24, 2.45) is 22.6 Å². The summed E-state index contributed by atoms with van der Waals surface area (Å²) in [4.78, 5) is 21.3. The monoisotopic (exact) mass is 583 g/mol. The number of aliphatic imine (C=N–C) groups is 1. The number of aromatic nitrogens is 2. The van der Waals surface area contributed by atoms with Crippen molar-refractivity contribution in [2.75, 3.05) is 19.7 Å². The molecule has 4 N–H and O–H groups in total. The molecule has 1 aromatic rings. The van der Waals surface area contributed by atoms with E-state index in [-0.39, 0.29) is 17.8 Å². The number of nitrogens with two attached hydrogens (primary N) is 1. The standard InChI is InChI=1S/C30H42ClN7O3/c1-18-11-13-22(14-12-18)17-38(21(4)37-15-16-40-24-10-6-9-23(24)37)26-25(19(2)7-5-8-20(3)31)33-28(34-27(26)32)29-35-36-30(39)41-29/h5,7-8,18,22-24,27H,2,4,6,9-17,32H2,1,3H3,(H,33,34)(H,36,39)/b7-5-,20-8+/t18-,22-,23-,24-,27-/m1/s1. The first-order valence-electron chi connectivity index (χ1n) is 14.7. The molecule has 0 radical (unpaired) electrons. The maximum Gasteiger partial charge on any atom is 0.434 e. The third-order valence-electron chi connectivity index (χ3n) is 8.61. The van der Waals surface area contributed by atoms with E-state index in [2.05, 4.69) is 45.4 Å². The topological polar surface area (TPSA) is 125 Å². The van der Waals surface area contributed by atoms with Gasteiger partial charge in [-0.05, 0) is 62.5 Å². The minimum atomic E-state index is -0.686. The van der Waals surface area contributed by atoms with Crippen LogP contribution in [0, 0.1) is 11.8 Å². The number of nitrogens with zero attached hydrogens (tertiary/aromatic N) is 4. The smallest absolute Gasteiger partial charge is 0.384 e. The van der Waals surface area contributed by atoms with Crippen LogP contribution in [0.3, 0.4) is 0 Å². The van der Waals surface area contributed by atoms with Crippen LogP contribution in [0.5, 0.6) is 0 Å². The first-order valence-corrected chi connectivity index (χ1v) is 15.0. The van der Waals surface area contributed by atoms with Crippen molar-refractivity contribution in [1.29, 1.82) is 0 Å². The van der Waals surface area contributed by atoms with Crippen LogP contribution in [0.25, 0.3) is 0 Å². The molecule has 1 aromatic heterocycles. The van der Waals surface area contributed by atoms with Gasteiger partial charge in [0.25, 0.3) is 5.89 Å². The van der Waals surface area contributed by atoms with Crippen LogP contribution in [0.15, 0.2) is 73.4 Å². The Balaban J connectivity index is 1.58. The van der Waals surface area contributed by atoms with Gasteiger partial charge in [-0.2, -0.15) is 0 Å². The van der Waals surface area contributed by atoms with Crippen molar-refractivity contribution in [3.8, 4) is 0 Å². The summed E-state index contributed by atoms with van der Waals surface area (Å²) >= 11 is 6.07. The highest BCUT2D eigenvalue weighted by Gasteiger charge is 2.40. The van der Waals surface area contributed by atoms with Crippen LogP contribution in [0.2, 0.25) is 0 Å². The summed E-state index contributed by atoms with van der Waals surface area (Å²) in [7, 11) is 0. The highest BCUT2D eigenvalue weighted by molar-refractivity contribution is 6.29. The molecule has 5 rings (SSSR count). The maximum absolute atomic E-state index is 11.7. The number of rotatable bonds is 9. The van der Waals surface area contributed by atoms with Crippen LogP contribution in [0.1, 0.15) is 64.7 Å². The average molecular weight is 584 g/mol. The summed E-state index contributed by atoms with van der Waals surface area (Å²) in [6.45, 7) is 15.4. The van der Waals surface area contributed by atoms with Crippen LogP contribution in [0.4, 0.5) is 0 Å². The number of nitrogens with one attached hydrogen (secondary N) is 2. The molecule has 4 aliphatic rings. The zero-order valence-electron chi connectivity index (χ0n) is 24.1. The van der Waals surface area contributed by atoms with E-state index in [0.717, 1.165) is 62.6 Å². The summed E-state index contributed by atoms with van der Waals surface area (Å²) in [6, 6.07) is 0.291. The fraction of sp³-hybridized carbons (Fsp3) is 0.567. The van der Waals surface area contributed by atoms with Crippen molar-refractivity contribution >= 4 is 17.4 Å². The van der Waals surface area contributed by atoms with Gasteiger partial charge in [-0.25, -0.2) is 14.9 Å². The minimum Gasteiger partial charge on any atom is -0.384 e. The number of aromatic amines is 1. The van der Waals surface area contributed by atoms with E-state index >= 15 is 0 Å². The first-order chi connectivity index (χ1) is 19.7. The molecule has 0 aromatic carbocycles. The number of hydrogen-bond acceptors (Lipinski definition) is 9. The largest absolute Gasteiger partial charge is 0.434 e. The van der Waals surface area contributed by atoms with Crippen LogP contribution >= 0.6 is 11.6 Å². The van der Waals surface area contributed by atoms with Crippen LogP contribution in [-0.2, 0) is 4.74 Å². The first kappa shape index (κ1) is 29.4. The fourth-order valence-electron chi connectivity index (χ4n) is 6.43. The zero-order valence-corrected chi connectivity index (χ0v) is 24.8. The highest BCUT2D eigenvalue weighted by Crippen LogP contribution is 2.37. The molecule has 2 aliphatic carbocycles. The number of fused-ring (bicyclic) bond motifs is 1. The molecule has 3 fully saturated rings. The van der Waals surface area contributed by atoms with E-state index in [9.17, 15) is 4.79 Å². The molecule has 41 heavy (non-hydrogen) atoms. The molecule has 2 saturated carbocycles. The summed E-state index contributed by atoms with van der Waals surface area (Å²) in [5.74, 6) is 1.76. The predicted molar refractivity (Wildman–Crippen MR) is 161 cm³/mol. The van der Waals surface area contributed by atoms with Crippen molar-refractivity contribution < 1.29 is 9.15 Å². The molecule has 3 atom stereocenters. The van der Waals surface area contributed by atoms with Gasteiger partial charge in [0.1, 0.15) is 12.0 Å². The number of allylic oxidation sites excluding steroid dienone is 4. The molecule has 0 amide bonds. The van der Waals surface area contributed by atoms with Gasteiger partial charge < -0.3 is 30.0 Å². The van der Waals surface area contributed by atoms with E-state index in [1.807, 2.05) is 19.1 Å². The molecule has 1 saturated heterocycles. The molecule has 2 aliphatic heterocycles. The number of halogens is 1. The molecule has 10 nitrogen and oxygen atoms in total. The second-order valence-corrected chi connectivity index (χ2v) is 12.2. The van der Waals surface area contributed by atoms with Crippen molar-refractivity contribution in [3.05, 3.63) is 75.6 Å². The zero-order chi connectivity index (χ0) is 29.1. The number of ether oxygens (including phenoxy) is 1. The SMILES string of the molecule is C=C(/C=C\C=C(/C)Cl)C1=C(N(C[C@H]2CC[C@H](C)CC2)C(=C)N2CCO[C@@H]3CCC[C@H]32)[C@H](N)NC(c2n[nH]c(=O)o2)=N1. The van der Waals surface area contributed by atoms with E-state index in [0.29, 0.717) is 34.9 Å². The van der Waals surface area contributed by atoms with E-state index in [4.69, 9.17) is 31.5 Å². The Morgan fingerprint density at radius 3 is 2.73 bits per heavy atom. The summed E-state index contributed by atoms with van der Waals surface area (Å²) in [5.41, 5.74) is 8.88. The maximum atomic E-state index is 11.7. The van der Waals surface area contributed by atoms with Crippen molar-refractivity contribution in [3.63, 3.8) is 0 Å². The van der Waals surface area contributed by atoms with Crippen LogP contribution < -0.4 is 16.8 Å². The normalized spacial score (nSPS) is 28.9. The Morgan fingerprint density at radius 2 is 2.02 bits per heavy atom. The Labute approximate surface area is 246 Å².